The number of amides is 1. The summed E-state index contributed by atoms with van der Waals surface area (Å²) in [5.41, 5.74) is 1.02. The summed E-state index contributed by atoms with van der Waals surface area (Å²) in [5, 5.41) is 9.47. The number of rotatable bonds is 4. The minimum atomic E-state index is -0.206. The van der Waals surface area contributed by atoms with E-state index in [2.05, 4.69) is 4.98 Å². The van der Waals surface area contributed by atoms with E-state index in [1.54, 1.807) is 11.1 Å². The van der Waals surface area contributed by atoms with Gasteiger partial charge in [0.1, 0.15) is 0 Å². The molecule has 104 valence electrons. The van der Waals surface area contributed by atoms with E-state index >= 15 is 0 Å². The molecule has 0 unspecified atom stereocenters. The lowest BCUT2D eigenvalue weighted by atomic mass is 9.86. The molecule has 0 saturated heterocycles. The minimum absolute atomic E-state index is 0.0946. The molecule has 1 heterocycles. The van der Waals surface area contributed by atoms with E-state index in [0.29, 0.717) is 6.54 Å². The van der Waals surface area contributed by atoms with Crippen molar-refractivity contribution >= 4 is 5.91 Å². The van der Waals surface area contributed by atoms with Crippen molar-refractivity contribution in [3.63, 3.8) is 0 Å². The van der Waals surface area contributed by atoms with Gasteiger partial charge in [-0.2, -0.15) is 0 Å². The third-order valence-corrected chi connectivity index (χ3v) is 3.85. The molecule has 0 radical (unpaired) electrons. The molecular formula is C15H22N2O2. The Kier molecular flexibility index (Phi) is 4.91. The Morgan fingerprint density at radius 1 is 1.37 bits per heavy atom. The largest absolute Gasteiger partial charge is 0.393 e. The molecule has 1 aliphatic carbocycles. The zero-order chi connectivity index (χ0) is 13.7. The molecule has 1 aromatic heterocycles. The highest BCUT2D eigenvalue weighted by atomic mass is 16.3. The zero-order valence-corrected chi connectivity index (χ0v) is 11.5. The molecule has 0 aliphatic heterocycles. The molecular weight excluding hydrogens is 240 g/mol. The van der Waals surface area contributed by atoms with E-state index in [0.717, 1.165) is 37.8 Å². The number of hydrogen-bond acceptors (Lipinski definition) is 3. The minimum Gasteiger partial charge on any atom is -0.393 e. The Balaban J connectivity index is 1.79. The highest BCUT2D eigenvalue weighted by Gasteiger charge is 2.27. The van der Waals surface area contributed by atoms with Gasteiger partial charge in [0.05, 0.1) is 6.10 Å². The maximum atomic E-state index is 12.2. The molecule has 0 aromatic carbocycles. The maximum Gasteiger partial charge on any atom is 0.225 e. The molecule has 1 amide bonds. The van der Waals surface area contributed by atoms with Gasteiger partial charge >= 0.3 is 0 Å². The normalized spacial score (nSPS) is 23.1. The van der Waals surface area contributed by atoms with Gasteiger partial charge in [-0.15, -0.1) is 0 Å². The summed E-state index contributed by atoms with van der Waals surface area (Å²) in [5.74, 6) is 0.306. The highest BCUT2D eigenvalue weighted by molar-refractivity contribution is 5.78. The maximum absolute atomic E-state index is 12.2. The van der Waals surface area contributed by atoms with Crippen molar-refractivity contribution < 1.29 is 9.90 Å². The second-order valence-corrected chi connectivity index (χ2v) is 5.34. The number of hydrogen-bond donors (Lipinski definition) is 1. The summed E-state index contributed by atoms with van der Waals surface area (Å²) in [4.78, 5) is 18.3. The van der Waals surface area contributed by atoms with Crippen LogP contribution in [0.2, 0.25) is 0 Å². The van der Waals surface area contributed by atoms with Crippen LogP contribution >= 0.6 is 0 Å². The summed E-state index contributed by atoms with van der Waals surface area (Å²) in [7, 11) is 1.86. The predicted molar refractivity (Wildman–Crippen MR) is 73.5 cm³/mol. The quantitative estimate of drug-likeness (QED) is 0.897. The van der Waals surface area contributed by atoms with E-state index in [-0.39, 0.29) is 17.9 Å². The molecule has 0 spiro atoms. The van der Waals surface area contributed by atoms with Crippen LogP contribution < -0.4 is 0 Å². The van der Waals surface area contributed by atoms with Gasteiger partial charge in [0, 0.05) is 37.8 Å². The number of nitrogens with zero attached hydrogens (tertiary/aromatic N) is 2. The van der Waals surface area contributed by atoms with E-state index in [1.807, 2.05) is 25.2 Å². The summed E-state index contributed by atoms with van der Waals surface area (Å²) in [6, 6.07) is 5.84. The van der Waals surface area contributed by atoms with Crippen LogP contribution in [0, 0.1) is 5.92 Å². The van der Waals surface area contributed by atoms with E-state index in [1.165, 1.54) is 0 Å². The Bertz CT molecular complexity index is 400. The van der Waals surface area contributed by atoms with Crippen molar-refractivity contribution in [3.8, 4) is 0 Å². The summed E-state index contributed by atoms with van der Waals surface area (Å²) >= 11 is 0. The average Bonchev–Trinajstić information content (AvgIpc) is 2.46. The van der Waals surface area contributed by atoms with Crippen LogP contribution in [0.3, 0.4) is 0 Å². The molecule has 19 heavy (non-hydrogen) atoms. The first-order valence-electron chi connectivity index (χ1n) is 7.00. The lowest BCUT2D eigenvalue weighted by Gasteiger charge is -2.28. The Morgan fingerprint density at radius 3 is 2.74 bits per heavy atom. The van der Waals surface area contributed by atoms with Gasteiger partial charge in [-0.25, -0.2) is 0 Å². The standard InChI is InChI=1S/C15H22N2O2/c1-17(11-9-13-4-2-3-10-16-13)15(19)12-5-7-14(18)8-6-12/h2-4,10,12,14,18H,5-9,11H2,1H3. The summed E-state index contributed by atoms with van der Waals surface area (Å²) in [6.07, 6.45) is 5.50. The third kappa shape index (κ3) is 4.03. The molecule has 0 bridgehead atoms. The van der Waals surface area contributed by atoms with Crippen LogP contribution in [0.25, 0.3) is 0 Å². The number of aliphatic hydroxyl groups is 1. The van der Waals surface area contributed by atoms with Crippen molar-refractivity contribution in [2.24, 2.45) is 5.92 Å². The van der Waals surface area contributed by atoms with Gasteiger partial charge < -0.3 is 10.0 Å². The summed E-state index contributed by atoms with van der Waals surface area (Å²) < 4.78 is 0. The van der Waals surface area contributed by atoms with Gasteiger partial charge in [-0.1, -0.05) is 6.07 Å². The van der Waals surface area contributed by atoms with Crippen LogP contribution in [-0.2, 0) is 11.2 Å². The number of aromatic nitrogens is 1. The second kappa shape index (κ2) is 6.66. The number of carbonyl (C=O) groups excluding carboxylic acids is 1. The fourth-order valence-electron chi connectivity index (χ4n) is 2.57. The molecule has 4 nitrogen and oxygen atoms in total. The molecule has 1 saturated carbocycles. The van der Waals surface area contributed by atoms with E-state index in [9.17, 15) is 9.90 Å². The zero-order valence-electron chi connectivity index (χ0n) is 11.5. The lowest BCUT2D eigenvalue weighted by Crippen LogP contribution is -2.36. The Labute approximate surface area is 114 Å². The number of carbonyl (C=O) groups is 1. The van der Waals surface area contributed by atoms with Crippen LogP contribution in [0.15, 0.2) is 24.4 Å². The molecule has 2 rings (SSSR count). The number of pyridine rings is 1. The second-order valence-electron chi connectivity index (χ2n) is 5.34. The number of likely N-dealkylation sites (N-methyl/N-ethyl adjacent to an activating group) is 1. The lowest BCUT2D eigenvalue weighted by molar-refractivity contribution is -0.135. The predicted octanol–water partition coefficient (Wildman–Crippen LogP) is 1.63. The van der Waals surface area contributed by atoms with Gasteiger partial charge in [-0.3, -0.25) is 9.78 Å². The van der Waals surface area contributed by atoms with Gasteiger partial charge in [0.25, 0.3) is 0 Å². The van der Waals surface area contributed by atoms with Crippen molar-refractivity contribution in [1.82, 2.24) is 9.88 Å². The van der Waals surface area contributed by atoms with Crippen molar-refractivity contribution in [2.45, 2.75) is 38.2 Å². The first kappa shape index (κ1) is 14.0. The summed E-state index contributed by atoms with van der Waals surface area (Å²) in [6.45, 7) is 0.703. The molecule has 4 heteroatoms. The van der Waals surface area contributed by atoms with Crippen molar-refractivity contribution in [1.29, 1.82) is 0 Å². The fraction of sp³-hybridized carbons (Fsp3) is 0.600. The molecule has 0 atom stereocenters. The molecule has 1 N–H and O–H groups in total. The van der Waals surface area contributed by atoms with Crippen molar-refractivity contribution in [3.05, 3.63) is 30.1 Å². The molecule has 1 aromatic rings. The van der Waals surface area contributed by atoms with Crippen LogP contribution in [0.5, 0.6) is 0 Å². The smallest absolute Gasteiger partial charge is 0.225 e. The SMILES string of the molecule is CN(CCc1ccccn1)C(=O)C1CCC(O)CC1. The fourth-order valence-corrected chi connectivity index (χ4v) is 2.57. The molecule has 1 aliphatic rings. The highest BCUT2D eigenvalue weighted by Crippen LogP contribution is 2.25. The van der Waals surface area contributed by atoms with Gasteiger partial charge in [0.15, 0.2) is 0 Å². The van der Waals surface area contributed by atoms with Crippen LogP contribution in [0.1, 0.15) is 31.4 Å². The van der Waals surface area contributed by atoms with Crippen LogP contribution in [0.4, 0.5) is 0 Å². The van der Waals surface area contributed by atoms with Crippen LogP contribution in [-0.4, -0.2) is 40.6 Å². The first-order valence-corrected chi connectivity index (χ1v) is 7.00. The Morgan fingerprint density at radius 2 is 2.11 bits per heavy atom. The van der Waals surface area contributed by atoms with E-state index in [4.69, 9.17) is 0 Å². The Hall–Kier alpha value is -1.42. The van der Waals surface area contributed by atoms with E-state index < -0.39 is 0 Å². The topological polar surface area (TPSA) is 53.4 Å². The van der Waals surface area contributed by atoms with Gasteiger partial charge in [-0.05, 0) is 37.8 Å². The number of aliphatic hydroxyl groups excluding tert-OH is 1. The average molecular weight is 262 g/mol. The molecule has 1 fully saturated rings. The third-order valence-electron chi connectivity index (χ3n) is 3.85. The van der Waals surface area contributed by atoms with Crippen molar-refractivity contribution in [2.75, 3.05) is 13.6 Å². The first-order chi connectivity index (χ1) is 9.16. The van der Waals surface area contributed by atoms with Gasteiger partial charge in [0.2, 0.25) is 5.91 Å². The monoisotopic (exact) mass is 262 g/mol.